The van der Waals surface area contributed by atoms with Gasteiger partial charge < -0.3 is 19.1 Å². The van der Waals surface area contributed by atoms with Gasteiger partial charge in [-0.1, -0.05) is 13.8 Å². The van der Waals surface area contributed by atoms with Crippen molar-refractivity contribution in [3.63, 3.8) is 0 Å². The van der Waals surface area contributed by atoms with E-state index in [4.69, 9.17) is 31.7 Å². The van der Waals surface area contributed by atoms with Crippen LogP contribution in [0, 0.1) is 28.6 Å². The number of hydrogen-bond acceptors (Lipinski definition) is 6. The first kappa shape index (κ1) is 30.8. The van der Waals surface area contributed by atoms with E-state index in [2.05, 4.69) is 13.8 Å². The summed E-state index contributed by atoms with van der Waals surface area (Å²) in [6.07, 6.45) is -1.90. The van der Waals surface area contributed by atoms with Crippen LogP contribution in [0.4, 0.5) is 24.5 Å². The van der Waals surface area contributed by atoms with Crippen molar-refractivity contribution in [1.82, 2.24) is 0 Å². The predicted octanol–water partition coefficient (Wildman–Crippen LogP) is 7.22. The Kier molecular flexibility index (Phi) is 6.93. The number of carbonyl (C=O) groups is 1. The van der Waals surface area contributed by atoms with Gasteiger partial charge >= 0.3 is 6.18 Å². The summed E-state index contributed by atoms with van der Waals surface area (Å²) < 4.78 is 60.1. The van der Waals surface area contributed by atoms with E-state index in [1.807, 2.05) is 13.8 Å². The SMILES string of the molecule is CC1(C)O[C@H]2C[C@H]3C[C@H](C3(C)C)[C@@]2(CCOc2ccc(N3C(=S)N(c4ccc(C#N)c(C(F)(F)F)c4)C(=O)C3(C)C)cc2)O1. The maximum absolute atomic E-state index is 13.7. The molecule has 2 aromatic carbocycles. The number of thiocarbonyl (C=S) groups is 1. The van der Waals surface area contributed by atoms with E-state index in [0.717, 1.165) is 29.9 Å². The lowest BCUT2D eigenvalue weighted by molar-refractivity contribution is -0.233. The van der Waals surface area contributed by atoms with E-state index < -0.39 is 40.1 Å². The third kappa shape index (κ3) is 4.60. The average molecular weight is 628 g/mol. The van der Waals surface area contributed by atoms with E-state index in [1.165, 1.54) is 6.07 Å². The molecule has 1 amide bonds. The van der Waals surface area contributed by atoms with E-state index >= 15 is 0 Å². The molecule has 234 valence electrons. The Bertz CT molecular complexity index is 1570. The molecule has 5 fully saturated rings. The summed E-state index contributed by atoms with van der Waals surface area (Å²) in [6.45, 7) is 12.4. The summed E-state index contributed by atoms with van der Waals surface area (Å²) in [5.41, 5.74) is -2.49. The molecule has 0 unspecified atom stereocenters. The molecule has 0 aromatic heterocycles. The van der Waals surface area contributed by atoms with Crippen LogP contribution in [0.3, 0.4) is 0 Å². The van der Waals surface area contributed by atoms with E-state index in [9.17, 15) is 18.0 Å². The summed E-state index contributed by atoms with van der Waals surface area (Å²) in [7, 11) is 0. The number of anilines is 2. The standard InChI is InChI=1S/C33H36F3N3O4S/c1-29(2)20-15-25(29)32(26(16-20)42-31(5,6)43-32)13-14-41-23-11-9-21(10-12-23)39-28(44)38(27(40)30(39,3)4)22-8-7-19(18-37)24(17-22)33(34,35)36/h7-12,17,20,25-26H,13-16H2,1-6H3/t20-,25-,26+,32-/m1/s1. The Morgan fingerprint density at radius 3 is 2.32 bits per heavy atom. The highest BCUT2D eigenvalue weighted by atomic mass is 32.1. The summed E-state index contributed by atoms with van der Waals surface area (Å²) in [4.78, 5) is 16.2. The maximum atomic E-state index is 13.7. The molecule has 11 heteroatoms. The normalized spacial score (nSPS) is 29.7. The number of hydrogen-bond donors (Lipinski definition) is 0. The molecular weight excluding hydrogens is 591 g/mol. The van der Waals surface area contributed by atoms with Crippen LogP contribution >= 0.6 is 12.2 Å². The van der Waals surface area contributed by atoms with Gasteiger partial charge in [-0.05, 0) is 112 Å². The van der Waals surface area contributed by atoms with Gasteiger partial charge in [0, 0.05) is 12.1 Å². The van der Waals surface area contributed by atoms with Gasteiger partial charge in [-0.15, -0.1) is 0 Å². The molecule has 4 atom stereocenters. The molecule has 3 aliphatic carbocycles. The first-order chi connectivity index (χ1) is 20.4. The van der Waals surface area contributed by atoms with Gasteiger partial charge in [-0.25, -0.2) is 0 Å². The average Bonchev–Trinajstić information content (AvgIpc) is 3.32. The zero-order valence-corrected chi connectivity index (χ0v) is 26.4. The Labute approximate surface area is 260 Å². The fraction of sp³-hybridized carbons (Fsp3) is 0.545. The second-order valence-electron chi connectivity index (χ2n) is 13.9. The molecule has 0 N–H and O–H groups in total. The third-order valence-electron chi connectivity index (χ3n) is 10.2. The first-order valence-corrected chi connectivity index (χ1v) is 15.2. The number of amides is 1. The van der Waals surface area contributed by atoms with Crippen molar-refractivity contribution in [3.05, 3.63) is 53.6 Å². The fourth-order valence-electron chi connectivity index (χ4n) is 7.90. The topological polar surface area (TPSA) is 75.0 Å². The van der Waals surface area contributed by atoms with Crippen LogP contribution in [0.5, 0.6) is 5.75 Å². The Morgan fingerprint density at radius 1 is 1.05 bits per heavy atom. The van der Waals surface area contributed by atoms with Crippen molar-refractivity contribution in [2.75, 3.05) is 16.4 Å². The van der Waals surface area contributed by atoms with E-state index in [0.29, 0.717) is 36.3 Å². The van der Waals surface area contributed by atoms with Crippen LogP contribution in [0.2, 0.25) is 0 Å². The van der Waals surface area contributed by atoms with Gasteiger partial charge in [-0.2, -0.15) is 18.4 Å². The number of nitrogens with zero attached hydrogens (tertiary/aromatic N) is 3. The van der Waals surface area contributed by atoms with Crippen molar-refractivity contribution in [1.29, 1.82) is 5.26 Å². The van der Waals surface area contributed by atoms with Crippen LogP contribution in [-0.2, 0) is 20.4 Å². The van der Waals surface area contributed by atoms with Crippen LogP contribution in [0.15, 0.2) is 42.5 Å². The number of carbonyl (C=O) groups excluding carboxylic acids is 1. The summed E-state index contributed by atoms with van der Waals surface area (Å²) in [6, 6.07) is 11.8. The van der Waals surface area contributed by atoms with Crippen LogP contribution in [0.1, 0.15) is 71.9 Å². The molecule has 2 aliphatic heterocycles. The molecule has 0 radical (unpaired) electrons. The van der Waals surface area contributed by atoms with Crippen molar-refractivity contribution < 1.29 is 32.2 Å². The second-order valence-corrected chi connectivity index (χ2v) is 14.2. The molecular formula is C33H36F3N3O4S. The molecule has 0 spiro atoms. The quantitative estimate of drug-likeness (QED) is 0.313. The lowest BCUT2D eigenvalue weighted by Crippen LogP contribution is -2.67. The number of ether oxygens (including phenoxy) is 3. The smallest absolute Gasteiger partial charge is 0.417 e. The van der Waals surface area contributed by atoms with Crippen molar-refractivity contribution in [3.8, 4) is 11.8 Å². The fourth-order valence-corrected chi connectivity index (χ4v) is 8.42. The largest absolute Gasteiger partial charge is 0.493 e. The highest BCUT2D eigenvalue weighted by Gasteiger charge is 2.70. The van der Waals surface area contributed by atoms with Crippen molar-refractivity contribution >= 4 is 34.6 Å². The molecule has 2 heterocycles. The lowest BCUT2D eigenvalue weighted by atomic mass is 9.43. The van der Waals surface area contributed by atoms with Crippen molar-refractivity contribution in [2.45, 2.75) is 90.0 Å². The minimum atomic E-state index is -4.77. The Hall–Kier alpha value is -3.20. The lowest BCUT2D eigenvalue weighted by Gasteiger charge is -2.64. The summed E-state index contributed by atoms with van der Waals surface area (Å²) in [5, 5.41) is 9.20. The summed E-state index contributed by atoms with van der Waals surface area (Å²) >= 11 is 5.65. The molecule has 7 nitrogen and oxygen atoms in total. The molecule has 7 rings (SSSR count). The number of benzene rings is 2. The molecule has 3 saturated carbocycles. The van der Waals surface area contributed by atoms with Gasteiger partial charge in [0.15, 0.2) is 10.9 Å². The van der Waals surface area contributed by atoms with Crippen LogP contribution < -0.4 is 14.5 Å². The van der Waals surface area contributed by atoms with Crippen molar-refractivity contribution in [2.24, 2.45) is 17.3 Å². The van der Waals surface area contributed by atoms with Gasteiger partial charge in [-0.3, -0.25) is 9.69 Å². The highest BCUT2D eigenvalue weighted by Crippen LogP contribution is 2.68. The third-order valence-corrected chi connectivity index (χ3v) is 10.5. The summed E-state index contributed by atoms with van der Waals surface area (Å²) in [5.74, 6) is 0.551. The van der Waals surface area contributed by atoms with Gasteiger partial charge in [0.25, 0.3) is 5.91 Å². The maximum Gasteiger partial charge on any atom is 0.417 e. The number of alkyl halides is 3. The van der Waals surface area contributed by atoms with Gasteiger partial charge in [0.05, 0.1) is 35.6 Å². The van der Waals surface area contributed by atoms with Gasteiger partial charge in [0.2, 0.25) is 0 Å². The van der Waals surface area contributed by atoms with Crippen LogP contribution in [-0.4, -0.2) is 40.7 Å². The molecule has 2 bridgehead atoms. The number of halogens is 3. The van der Waals surface area contributed by atoms with E-state index in [1.54, 1.807) is 49.1 Å². The monoisotopic (exact) mass is 627 g/mol. The first-order valence-electron chi connectivity index (χ1n) is 14.8. The van der Waals surface area contributed by atoms with E-state index in [-0.39, 0.29) is 22.3 Å². The number of nitriles is 1. The minimum Gasteiger partial charge on any atom is -0.493 e. The van der Waals surface area contributed by atoms with Crippen LogP contribution in [0.25, 0.3) is 0 Å². The Morgan fingerprint density at radius 2 is 1.70 bits per heavy atom. The second kappa shape index (κ2) is 9.90. The zero-order valence-electron chi connectivity index (χ0n) is 25.6. The molecule has 2 saturated heterocycles. The minimum absolute atomic E-state index is 0.0383. The predicted molar refractivity (Wildman–Crippen MR) is 162 cm³/mol. The number of rotatable bonds is 6. The Balaban J connectivity index is 1.18. The van der Waals surface area contributed by atoms with Gasteiger partial charge in [0.1, 0.15) is 16.9 Å². The molecule has 2 aromatic rings. The highest BCUT2D eigenvalue weighted by molar-refractivity contribution is 7.81. The molecule has 5 aliphatic rings. The molecule has 44 heavy (non-hydrogen) atoms. The zero-order chi connectivity index (χ0) is 32.0.